The van der Waals surface area contributed by atoms with Crippen molar-refractivity contribution in [3.63, 3.8) is 0 Å². The molecule has 0 aliphatic heterocycles. The molecule has 90 valence electrons. The molecule has 0 aliphatic carbocycles. The fourth-order valence-corrected chi connectivity index (χ4v) is 1.70. The highest BCUT2D eigenvalue weighted by atomic mass is 16.1. The fraction of sp³-hybridized carbons (Fsp3) is 0.125. The van der Waals surface area contributed by atoms with E-state index in [9.17, 15) is 4.79 Å². The van der Waals surface area contributed by atoms with E-state index in [1.807, 2.05) is 24.3 Å². The van der Waals surface area contributed by atoms with Crippen LogP contribution in [0.5, 0.6) is 0 Å². The lowest BCUT2D eigenvalue weighted by atomic mass is 10.1. The Balaban J connectivity index is 1.84. The van der Waals surface area contributed by atoms with Crippen LogP contribution < -0.4 is 0 Å². The van der Waals surface area contributed by atoms with Crippen LogP contribution in [-0.2, 0) is 6.42 Å². The molecule has 0 spiro atoms. The standard InChI is InChI=1S/C16H15NO/c18-16(15-10-12-17-13-11-15)9-5-4-8-14-6-2-1-3-7-14/h1-3,5-7,9-13H,4,8H2/b9-5+. The second kappa shape index (κ2) is 6.50. The molecule has 2 aromatic rings. The molecule has 2 heteroatoms. The van der Waals surface area contributed by atoms with Gasteiger partial charge in [0.2, 0.25) is 0 Å². The highest BCUT2D eigenvalue weighted by molar-refractivity contribution is 6.04. The first-order valence-electron chi connectivity index (χ1n) is 6.01. The number of rotatable bonds is 5. The van der Waals surface area contributed by atoms with E-state index in [0.717, 1.165) is 12.8 Å². The monoisotopic (exact) mass is 237 g/mol. The van der Waals surface area contributed by atoms with E-state index in [1.165, 1.54) is 5.56 Å². The van der Waals surface area contributed by atoms with Gasteiger partial charge in [0.25, 0.3) is 0 Å². The molecule has 0 atom stereocenters. The van der Waals surface area contributed by atoms with Gasteiger partial charge in [-0.1, -0.05) is 36.4 Å². The van der Waals surface area contributed by atoms with Gasteiger partial charge < -0.3 is 0 Å². The average Bonchev–Trinajstić information content (AvgIpc) is 2.45. The maximum Gasteiger partial charge on any atom is 0.185 e. The predicted molar refractivity (Wildman–Crippen MR) is 72.5 cm³/mol. The molecule has 0 aliphatic rings. The van der Waals surface area contributed by atoms with Crippen LogP contribution in [0.15, 0.2) is 67.0 Å². The topological polar surface area (TPSA) is 30.0 Å². The molecule has 0 amide bonds. The zero-order chi connectivity index (χ0) is 12.6. The second-order valence-electron chi connectivity index (χ2n) is 4.03. The van der Waals surface area contributed by atoms with Crippen molar-refractivity contribution in [2.45, 2.75) is 12.8 Å². The molecule has 0 saturated heterocycles. The van der Waals surface area contributed by atoms with Crippen molar-refractivity contribution in [1.29, 1.82) is 0 Å². The SMILES string of the molecule is O=C(/C=C/CCc1ccccc1)c1ccncc1. The van der Waals surface area contributed by atoms with Gasteiger partial charge in [0, 0.05) is 18.0 Å². The summed E-state index contributed by atoms with van der Waals surface area (Å²) < 4.78 is 0. The minimum absolute atomic E-state index is 0.0328. The number of ketones is 1. The Morgan fingerprint density at radius 3 is 2.50 bits per heavy atom. The van der Waals surface area contributed by atoms with Crippen LogP contribution in [0.25, 0.3) is 0 Å². The van der Waals surface area contributed by atoms with Crippen LogP contribution >= 0.6 is 0 Å². The molecule has 18 heavy (non-hydrogen) atoms. The molecule has 1 aromatic carbocycles. The summed E-state index contributed by atoms with van der Waals surface area (Å²) >= 11 is 0. The van der Waals surface area contributed by atoms with Crippen molar-refractivity contribution in [2.24, 2.45) is 0 Å². The number of aryl methyl sites for hydroxylation is 1. The number of carbonyl (C=O) groups excluding carboxylic acids is 1. The number of hydrogen-bond acceptors (Lipinski definition) is 2. The Kier molecular flexibility index (Phi) is 4.42. The third-order valence-corrected chi connectivity index (χ3v) is 2.68. The Hall–Kier alpha value is -2.22. The van der Waals surface area contributed by atoms with Crippen molar-refractivity contribution in [2.75, 3.05) is 0 Å². The van der Waals surface area contributed by atoms with Gasteiger partial charge in [-0.3, -0.25) is 9.78 Å². The summed E-state index contributed by atoms with van der Waals surface area (Å²) in [5.74, 6) is 0.0328. The van der Waals surface area contributed by atoms with Gasteiger partial charge in [0.05, 0.1) is 0 Å². The van der Waals surface area contributed by atoms with Gasteiger partial charge >= 0.3 is 0 Å². The second-order valence-corrected chi connectivity index (χ2v) is 4.03. The first-order valence-corrected chi connectivity index (χ1v) is 6.01. The molecule has 0 bridgehead atoms. The number of pyridine rings is 1. The molecule has 0 N–H and O–H groups in total. The summed E-state index contributed by atoms with van der Waals surface area (Å²) in [6.07, 6.45) is 8.66. The summed E-state index contributed by atoms with van der Waals surface area (Å²) in [5, 5.41) is 0. The number of allylic oxidation sites excluding steroid dienone is 2. The lowest BCUT2D eigenvalue weighted by Gasteiger charge is -1.97. The summed E-state index contributed by atoms with van der Waals surface area (Å²) in [4.78, 5) is 15.6. The number of carbonyl (C=O) groups is 1. The number of hydrogen-bond donors (Lipinski definition) is 0. The van der Waals surface area contributed by atoms with E-state index in [4.69, 9.17) is 0 Å². The molecule has 1 aromatic heterocycles. The highest BCUT2D eigenvalue weighted by Crippen LogP contribution is 2.04. The Labute approximate surface area is 107 Å². The summed E-state index contributed by atoms with van der Waals surface area (Å²) in [5.41, 5.74) is 1.97. The van der Waals surface area contributed by atoms with E-state index in [2.05, 4.69) is 17.1 Å². The van der Waals surface area contributed by atoms with Gasteiger partial charge in [-0.15, -0.1) is 0 Å². The number of benzene rings is 1. The summed E-state index contributed by atoms with van der Waals surface area (Å²) in [6.45, 7) is 0. The lowest BCUT2D eigenvalue weighted by Crippen LogP contribution is -1.93. The number of nitrogens with zero attached hydrogens (tertiary/aromatic N) is 1. The molecule has 0 saturated carbocycles. The molecule has 1 heterocycles. The predicted octanol–water partition coefficient (Wildman–Crippen LogP) is 3.45. The van der Waals surface area contributed by atoms with E-state index in [-0.39, 0.29) is 5.78 Å². The fourth-order valence-electron chi connectivity index (χ4n) is 1.70. The first-order chi connectivity index (χ1) is 8.86. The Bertz CT molecular complexity index is 517. The zero-order valence-electron chi connectivity index (χ0n) is 10.1. The maximum absolute atomic E-state index is 11.7. The smallest absolute Gasteiger partial charge is 0.185 e. The van der Waals surface area contributed by atoms with E-state index < -0.39 is 0 Å². The lowest BCUT2D eigenvalue weighted by molar-refractivity contribution is 0.104. The molecule has 0 unspecified atom stereocenters. The van der Waals surface area contributed by atoms with Crippen LogP contribution in [0.3, 0.4) is 0 Å². The molecule has 2 rings (SSSR count). The van der Waals surface area contributed by atoms with Crippen LogP contribution in [-0.4, -0.2) is 10.8 Å². The van der Waals surface area contributed by atoms with Gasteiger partial charge in [0.15, 0.2) is 5.78 Å². The normalized spacial score (nSPS) is 10.7. The minimum atomic E-state index is 0.0328. The largest absolute Gasteiger partial charge is 0.289 e. The quantitative estimate of drug-likeness (QED) is 0.589. The van der Waals surface area contributed by atoms with Gasteiger partial charge in [-0.05, 0) is 36.6 Å². The van der Waals surface area contributed by atoms with Crippen molar-refractivity contribution in [1.82, 2.24) is 4.98 Å². The van der Waals surface area contributed by atoms with Gasteiger partial charge in [0.1, 0.15) is 0 Å². The average molecular weight is 237 g/mol. The molecular weight excluding hydrogens is 222 g/mol. The van der Waals surface area contributed by atoms with E-state index in [1.54, 1.807) is 30.6 Å². The van der Waals surface area contributed by atoms with E-state index >= 15 is 0 Å². The molecule has 2 nitrogen and oxygen atoms in total. The van der Waals surface area contributed by atoms with Crippen molar-refractivity contribution >= 4 is 5.78 Å². The van der Waals surface area contributed by atoms with Crippen molar-refractivity contribution in [3.05, 3.63) is 78.1 Å². The van der Waals surface area contributed by atoms with Gasteiger partial charge in [-0.25, -0.2) is 0 Å². The van der Waals surface area contributed by atoms with Crippen LogP contribution in [0, 0.1) is 0 Å². The minimum Gasteiger partial charge on any atom is -0.289 e. The van der Waals surface area contributed by atoms with Crippen LogP contribution in [0.2, 0.25) is 0 Å². The maximum atomic E-state index is 11.7. The zero-order valence-corrected chi connectivity index (χ0v) is 10.1. The Morgan fingerprint density at radius 1 is 1.06 bits per heavy atom. The van der Waals surface area contributed by atoms with Crippen molar-refractivity contribution in [3.8, 4) is 0 Å². The molecule has 0 fully saturated rings. The molecular formula is C16H15NO. The van der Waals surface area contributed by atoms with Crippen molar-refractivity contribution < 1.29 is 4.79 Å². The third kappa shape index (κ3) is 3.67. The molecule has 0 radical (unpaired) electrons. The van der Waals surface area contributed by atoms with Gasteiger partial charge in [-0.2, -0.15) is 0 Å². The van der Waals surface area contributed by atoms with E-state index in [0.29, 0.717) is 5.56 Å². The third-order valence-electron chi connectivity index (χ3n) is 2.68. The number of aromatic nitrogens is 1. The highest BCUT2D eigenvalue weighted by Gasteiger charge is 1.99. The summed E-state index contributed by atoms with van der Waals surface area (Å²) in [7, 11) is 0. The van der Waals surface area contributed by atoms with Crippen LogP contribution in [0.1, 0.15) is 22.3 Å². The summed E-state index contributed by atoms with van der Waals surface area (Å²) in [6, 6.07) is 13.7. The first kappa shape index (κ1) is 12.2. The Morgan fingerprint density at radius 2 is 1.78 bits per heavy atom. The van der Waals surface area contributed by atoms with Crippen LogP contribution in [0.4, 0.5) is 0 Å².